The lowest BCUT2D eigenvalue weighted by molar-refractivity contribution is -0.111. The molecule has 1 fully saturated rings. The molecule has 1 aliphatic heterocycles. The van der Waals surface area contributed by atoms with Crippen LogP contribution >= 0.6 is 15.9 Å². The average molecular weight is 529 g/mol. The zero-order chi connectivity index (χ0) is 24.2. The highest BCUT2D eigenvalue weighted by Gasteiger charge is 2.20. The first kappa shape index (κ1) is 23.0. The van der Waals surface area contributed by atoms with Crippen LogP contribution in [0.15, 0.2) is 77.5 Å². The number of aryl methyl sites for hydroxylation is 1. The number of rotatable bonds is 5. The van der Waals surface area contributed by atoms with Crippen molar-refractivity contribution < 1.29 is 4.79 Å². The van der Waals surface area contributed by atoms with Crippen LogP contribution in [0.4, 0.5) is 17.5 Å². The molecule has 1 saturated heterocycles. The van der Waals surface area contributed by atoms with Crippen LogP contribution in [0.1, 0.15) is 11.1 Å². The predicted octanol–water partition coefficient (Wildman–Crippen LogP) is 5.07. The molecule has 5 rings (SSSR count). The Morgan fingerprint density at radius 1 is 0.971 bits per heavy atom. The number of piperazine rings is 1. The second kappa shape index (κ2) is 10.2. The first-order valence-electron chi connectivity index (χ1n) is 11.5. The molecule has 0 aliphatic carbocycles. The average Bonchev–Trinajstić information content (AvgIpc) is 2.89. The van der Waals surface area contributed by atoms with Gasteiger partial charge in [-0.15, -0.1) is 0 Å². The largest absolute Gasteiger partial charge is 0.353 e. The molecule has 0 unspecified atom stereocenters. The highest BCUT2D eigenvalue weighted by atomic mass is 79.9. The van der Waals surface area contributed by atoms with Crippen molar-refractivity contribution in [3.05, 3.63) is 88.7 Å². The lowest BCUT2D eigenvalue weighted by atomic mass is 10.1. The van der Waals surface area contributed by atoms with Crippen LogP contribution in [-0.4, -0.2) is 47.0 Å². The number of fused-ring (bicyclic) bond motifs is 1. The van der Waals surface area contributed by atoms with Crippen molar-refractivity contribution in [2.24, 2.45) is 0 Å². The van der Waals surface area contributed by atoms with Gasteiger partial charge < -0.3 is 15.1 Å². The second-order valence-electron chi connectivity index (χ2n) is 8.43. The van der Waals surface area contributed by atoms with E-state index in [9.17, 15) is 4.79 Å². The number of carbonyl (C=O) groups excluding carboxylic acids is 1. The summed E-state index contributed by atoms with van der Waals surface area (Å²) in [5.74, 6) is 1.57. The second-order valence-corrected chi connectivity index (χ2v) is 9.34. The van der Waals surface area contributed by atoms with Crippen molar-refractivity contribution in [2.75, 3.05) is 41.3 Å². The van der Waals surface area contributed by atoms with Crippen molar-refractivity contribution in [1.29, 1.82) is 0 Å². The molecule has 4 aromatic rings. The Hall–Kier alpha value is -3.78. The predicted molar refractivity (Wildman–Crippen MR) is 145 cm³/mol. The maximum absolute atomic E-state index is 12.4. The van der Waals surface area contributed by atoms with Crippen molar-refractivity contribution in [3.63, 3.8) is 0 Å². The molecule has 2 aromatic carbocycles. The maximum atomic E-state index is 12.4. The number of hydrogen-bond donors (Lipinski definition) is 1. The number of benzene rings is 2. The van der Waals surface area contributed by atoms with E-state index in [0.29, 0.717) is 0 Å². The number of hydrogen-bond acceptors (Lipinski definition) is 6. The number of aromatic nitrogens is 3. The van der Waals surface area contributed by atoms with Gasteiger partial charge in [0, 0.05) is 60.2 Å². The van der Waals surface area contributed by atoms with Gasteiger partial charge in [0.15, 0.2) is 0 Å². The van der Waals surface area contributed by atoms with Crippen LogP contribution < -0.4 is 15.1 Å². The van der Waals surface area contributed by atoms with E-state index in [-0.39, 0.29) is 5.91 Å². The minimum atomic E-state index is -0.172. The van der Waals surface area contributed by atoms with Gasteiger partial charge in [-0.2, -0.15) is 0 Å². The van der Waals surface area contributed by atoms with Gasteiger partial charge >= 0.3 is 0 Å². The molecule has 2 aromatic heterocycles. The van der Waals surface area contributed by atoms with Crippen LogP contribution in [0.5, 0.6) is 0 Å². The van der Waals surface area contributed by atoms with Gasteiger partial charge in [-0.05, 0) is 66.6 Å². The van der Waals surface area contributed by atoms with Crippen LogP contribution in [0.25, 0.3) is 17.0 Å². The number of halogens is 1. The van der Waals surface area contributed by atoms with Crippen LogP contribution in [0, 0.1) is 6.92 Å². The lowest BCUT2D eigenvalue weighted by Crippen LogP contribution is -2.47. The fourth-order valence-corrected chi connectivity index (χ4v) is 4.40. The Kier molecular flexibility index (Phi) is 6.72. The molecule has 0 atom stereocenters. The fraction of sp³-hybridized carbons (Fsp3) is 0.185. The molecule has 0 radical (unpaired) electrons. The molecule has 1 aliphatic rings. The number of nitrogens with zero attached hydrogens (tertiary/aromatic N) is 5. The van der Waals surface area contributed by atoms with Gasteiger partial charge in [0.25, 0.3) is 0 Å². The third-order valence-electron chi connectivity index (χ3n) is 6.01. The highest BCUT2D eigenvalue weighted by Crippen LogP contribution is 2.26. The Morgan fingerprint density at radius 2 is 1.69 bits per heavy atom. The van der Waals surface area contributed by atoms with E-state index in [0.717, 1.165) is 70.1 Å². The first-order chi connectivity index (χ1) is 17.0. The minimum Gasteiger partial charge on any atom is -0.353 e. The number of anilines is 3. The zero-order valence-electron chi connectivity index (χ0n) is 19.4. The molecule has 0 bridgehead atoms. The van der Waals surface area contributed by atoms with Gasteiger partial charge in [-0.25, -0.2) is 15.0 Å². The molecular weight excluding hydrogens is 504 g/mol. The third kappa shape index (κ3) is 5.49. The van der Waals surface area contributed by atoms with Crippen LogP contribution in [0.3, 0.4) is 0 Å². The third-order valence-corrected chi connectivity index (χ3v) is 6.53. The van der Waals surface area contributed by atoms with Gasteiger partial charge in [0.2, 0.25) is 11.9 Å². The number of amides is 1. The summed E-state index contributed by atoms with van der Waals surface area (Å²) in [7, 11) is 0. The quantitative estimate of drug-likeness (QED) is 0.364. The topological polar surface area (TPSA) is 74.2 Å². The molecule has 0 saturated carbocycles. The molecule has 176 valence electrons. The molecule has 1 amide bonds. The smallest absolute Gasteiger partial charge is 0.248 e. The van der Waals surface area contributed by atoms with Gasteiger partial charge in [0.1, 0.15) is 5.82 Å². The molecule has 3 heterocycles. The summed E-state index contributed by atoms with van der Waals surface area (Å²) < 4.78 is 1.01. The lowest BCUT2D eigenvalue weighted by Gasteiger charge is -2.35. The molecule has 1 N–H and O–H groups in total. The van der Waals surface area contributed by atoms with E-state index in [1.165, 1.54) is 0 Å². The summed E-state index contributed by atoms with van der Waals surface area (Å²) in [4.78, 5) is 30.5. The van der Waals surface area contributed by atoms with E-state index in [1.54, 1.807) is 24.5 Å². The number of carbonyl (C=O) groups is 1. The van der Waals surface area contributed by atoms with Gasteiger partial charge in [0.05, 0.1) is 5.52 Å². The van der Waals surface area contributed by atoms with Crippen molar-refractivity contribution in [2.45, 2.75) is 6.92 Å². The van der Waals surface area contributed by atoms with Gasteiger partial charge in [-0.1, -0.05) is 28.1 Å². The number of nitrogens with one attached hydrogen (secondary N) is 1. The van der Waals surface area contributed by atoms with E-state index in [4.69, 9.17) is 4.98 Å². The zero-order valence-corrected chi connectivity index (χ0v) is 20.9. The van der Waals surface area contributed by atoms with Gasteiger partial charge in [-0.3, -0.25) is 4.79 Å². The fourth-order valence-electron chi connectivity index (χ4n) is 4.14. The maximum Gasteiger partial charge on any atom is 0.248 e. The SMILES string of the molecule is Cc1cc(N2CCN(c3ncccn3)CC2)nc2ccc(NC(=O)/C=C/c3ccc(Br)cc3)cc12. The van der Waals surface area contributed by atoms with Crippen molar-refractivity contribution in [3.8, 4) is 0 Å². The van der Waals surface area contributed by atoms with E-state index in [2.05, 4.69) is 54.0 Å². The summed E-state index contributed by atoms with van der Waals surface area (Å²) in [5, 5.41) is 3.98. The summed E-state index contributed by atoms with van der Waals surface area (Å²) >= 11 is 3.42. The Balaban J connectivity index is 1.26. The Bertz CT molecular complexity index is 1370. The highest BCUT2D eigenvalue weighted by molar-refractivity contribution is 9.10. The van der Waals surface area contributed by atoms with Crippen LogP contribution in [-0.2, 0) is 4.79 Å². The summed E-state index contributed by atoms with van der Waals surface area (Å²) in [6.45, 7) is 5.49. The molecule has 35 heavy (non-hydrogen) atoms. The monoisotopic (exact) mass is 528 g/mol. The standard InChI is InChI=1S/C27H25BrN6O/c1-19-17-25(33-13-15-34(16-14-33)27-29-11-2-12-30-27)32-24-9-8-22(18-23(19)24)31-26(35)10-5-20-3-6-21(28)7-4-20/h2-12,17-18H,13-16H2,1H3,(H,31,35)/b10-5+. The van der Waals surface area contributed by atoms with E-state index >= 15 is 0 Å². The van der Waals surface area contributed by atoms with Crippen molar-refractivity contribution in [1.82, 2.24) is 15.0 Å². The first-order valence-corrected chi connectivity index (χ1v) is 12.3. The minimum absolute atomic E-state index is 0.172. The number of pyridine rings is 1. The van der Waals surface area contributed by atoms with Crippen LogP contribution in [0.2, 0.25) is 0 Å². The summed E-state index contributed by atoms with van der Waals surface area (Å²) in [6, 6.07) is 17.6. The summed E-state index contributed by atoms with van der Waals surface area (Å²) in [5.41, 5.74) is 3.75. The molecule has 0 spiro atoms. The van der Waals surface area contributed by atoms with E-state index in [1.807, 2.05) is 48.5 Å². The molecule has 8 heteroatoms. The Morgan fingerprint density at radius 3 is 2.43 bits per heavy atom. The van der Waals surface area contributed by atoms with Crippen molar-refractivity contribution >= 4 is 56.3 Å². The Labute approximate surface area is 212 Å². The normalized spacial score (nSPS) is 14.0. The van der Waals surface area contributed by atoms with E-state index < -0.39 is 0 Å². The molecule has 7 nitrogen and oxygen atoms in total. The molecular formula is C27H25BrN6O. The summed E-state index contributed by atoms with van der Waals surface area (Å²) in [6.07, 6.45) is 6.89.